The minimum atomic E-state index is -3.03. The van der Waals surface area contributed by atoms with Crippen molar-refractivity contribution in [2.45, 2.75) is 45.4 Å². The SMILES string of the molecule is CCCCCNS(=O)(=O)CCC1CCNCC1. The Morgan fingerprint density at radius 3 is 2.59 bits per heavy atom. The summed E-state index contributed by atoms with van der Waals surface area (Å²) in [5, 5.41) is 3.30. The summed E-state index contributed by atoms with van der Waals surface area (Å²) in [4.78, 5) is 0. The topological polar surface area (TPSA) is 58.2 Å². The van der Waals surface area contributed by atoms with Gasteiger partial charge < -0.3 is 5.32 Å². The van der Waals surface area contributed by atoms with Crippen LogP contribution in [-0.2, 0) is 10.0 Å². The van der Waals surface area contributed by atoms with Crippen molar-refractivity contribution < 1.29 is 8.42 Å². The Labute approximate surface area is 106 Å². The van der Waals surface area contributed by atoms with Gasteiger partial charge in [-0.15, -0.1) is 0 Å². The van der Waals surface area contributed by atoms with E-state index < -0.39 is 10.0 Å². The molecule has 0 aromatic carbocycles. The van der Waals surface area contributed by atoms with Gasteiger partial charge in [0.2, 0.25) is 10.0 Å². The molecular formula is C12H26N2O2S. The lowest BCUT2D eigenvalue weighted by atomic mass is 9.96. The lowest BCUT2D eigenvalue weighted by Crippen LogP contribution is -2.31. The predicted molar refractivity (Wildman–Crippen MR) is 71.5 cm³/mol. The number of rotatable bonds is 8. The van der Waals surface area contributed by atoms with Crippen molar-refractivity contribution >= 4 is 10.0 Å². The first-order valence-electron chi connectivity index (χ1n) is 6.82. The molecule has 2 N–H and O–H groups in total. The zero-order chi connectivity index (χ0) is 12.6. The van der Waals surface area contributed by atoms with E-state index in [1.54, 1.807) is 0 Å². The van der Waals surface area contributed by atoms with Crippen LogP contribution in [0.25, 0.3) is 0 Å². The summed E-state index contributed by atoms with van der Waals surface area (Å²) in [5.41, 5.74) is 0. The van der Waals surface area contributed by atoms with Crippen molar-refractivity contribution in [1.82, 2.24) is 10.0 Å². The molecule has 1 saturated heterocycles. The Morgan fingerprint density at radius 2 is 1.94 bits per heavy atom. The van der Waals surface area contributed by atoms with Crippen LogP contribution in [0, 0.1) is 5.92 Å². The number of hydrogen-bond acceptors (Lipinski definition) is 3. The number of piperidine rings is 1. The fraction of sp³-hybridized carbons (Fsp3) is 1.00. The summed E-state index contributed by atoms with van der Waals surface area (Å²) in [5.74, 6) is 0.882. The van der Waals surface area contributed by atoms with Crippen LogP contribution in [0.4, 0.5) is 0 Å². The van der Waals surface area contributed by atoms with Crippen LogP contribution < -0.4 is 10.0 Å². The van der Waals surface area contributed by atoms with E-state index in [4.69, 9.17) is 0 Å². The maximum Gasteiger partial charge on any atom is 0.211 e. The molecular weight excluding hydrogens is 236 g/mol. The van der Waals surface area contributed by atoms with Crippen LogP contribution in [-0.4, -0.2) is 33.8 Å². The third-order valence-corrected chi connectivity index (χ3v) is 4.77. The zero-order valence-electron chi connectivity index (χ0n) is 10.9. The molecule has 0 spiro atoms. The molecule has 0 amide bonds. The van der Waals surface area contributed by atoms with Gasteiger partial charge in [-0.3, -0.25) is 0 Å². The molecule has 4 nitrogen and oxygen atoms in total. The summed E-state index contributed by atoms with van der Waals surface area (Å²) in [7, 11) is -3.03. The lowest BCUT2D eigenvalue weighted by Gasteiger charge is -2.22. The minimum Gasteiger partial charge on any atom is -0.317 e. The summed E-state index contributed by atoms with van der Waals surface area (Å²) < 4.78 is 26.1. The second kappa shape index (κ2) is 8.06. The molecule has 17 heavy (non-hydrogen) atoms. The van der Waals surface area contributed by atoms with Crippen LogP contribution in [0.2, 0.25) is 0 Å². The van der Waals surface area contributed by atoms with E-state index in [2.05, 4.69) is 17.0 Å². The van der Waals surface area contributed by atoms with Gasteiger partial charge in [0.1, 0.15) is 0 Å². The van der Waals surface area contributed by atoms with Gasteiger partial charge in [0.05, 0.1) is 5.75 Å². The molecule has 102 valence electrons. The van der Waals surface area contributed by atoms with Gasteiger partial charge in [-0.25, -0.2) is 13.1 Å². The van der Waals surface area contributed by atoms with Gasteiger partial charge in [0, 0.05) is 6.54 Å². The van der Waals surface area contributed by atoms with Crippen molar-refractivity contribution in [3.05, 3.63) is 0 Å². The van der Waals surface area contributed by atoms with Gasteiger partial charge in [-0.2, -0.15) is 0 Å². The van der Waals surface area contributed by atoms with Crippen LogP contribution in [0.3, 0.4) is 0 Å². The Bertz CT molecular complexity index is 285. The van der Waals surface area contributed by atoms with Crippen molar-refractivity contribution in [2.75, 3.05) is 25.4 Å². The number of nitrogens with one attached hydrogen (secondary N) is 2. The predicted octanol–water partition coefficient (Wildman–Crippen LogP) is 1.49. The standard InChI is InChI=1S/C12H26N2O2S/c1-2-3-4-8-14-17(15,16)11-7-12-5-9-13-10-6-12/h12-14H,2-11H2,1H3. The average Bonchev–Trinajstić information content (AvgIpc) is 2.34. The first-order chi connectivity index (χ1) is 8.14. The van der Waals surface area contributed by atoms with E-state index in [0.717, 1.165) is 51.6 Å². The molecule has 0 atom stereocenters. The second-order valence-corrected chi connectivity index (χ2v) is 6.83. The van der Waals surface area contributed by atoms with E-state index in [1.807, 2.05) is 0 Å². The van der Waals surface area contributed by atoms with Crippen molar-refractivity contribution in [3.63, 3.8) is 0 Å². The number of unbranched alkanes of at least 4 members (excludes halogenated alkanes) is 2. The van der Waals surface area contributed by atoms with Crippen molar-refractivity contribution in [1.29, 1.82) is 0 Å². The highest BCUT2D eigenvalue weighted by atomic mass is 32.2. The van der Waals surface area contributed by atoms with Crippen LogP contribution >= 0.6 is 0 Å². The molecule has 1 fully saturated rings. The molecule has 0 aromatic rings. The van der Waals surface area contributed by atoms with Gasteiger partial charge in [-0.05, 0) is 44.7 Å². The average molecular weight is 262 g/mol. The molecule has 1 heterocycles. The Morgan fingerprint density at radius 1 is 1.24 bits per heavy atom. The molecule has 0 aromatic heterocycles. The zero-order valence-corrected chi connectivity index (χ0v) is 11.7. The van der Waals surface area contributed by atoms with Crippen LogP contribution in [0.15, 0.2) is 0 Å². The van der Waals surface area contributed by atoms with Gasteiger partial charge >= 0.3 is 0 Å². The smallest absolute Gasteiger partial charge is 0.211 e. The highest BCUT2D eigenvalue weighted by Crippen LogP contribution is 2.16. The van der Waals surface area contributed by atoms with E-state index >= 15 is 0 Å². The lowest BCUT2D eigenvalue weighted by molar-refractivity contribution is 0.365. The van der Waals surface area contributed by atoms with Crippen LogP contribution in [0.5, 0.6) is 0 Å². The van der Waals surface area contributed by atoms with E-state index in [1.165, 1.54) is 0 Å². The van der Waals surface area contributed by atoms with Gasteiger partial charge in [0.25, 0.3) is 0 Å². The molecule has 0 saturated carbocycles. The summed E-state index contributed by atoms with van der Waals surface area (Å²) >= 11 is 0. The van der Waals surface area contributed by atoms with Crippen LogP contribution in [0.1, 0.15) is 45.4 Å². The van der Waals surface area contributed by atoms with Gasteiger partial charge in [-0.1, -0.05) is 19.8 Å². The Balaban J connectivity index is 2.14. The third-order valence-electron chi connectivity index (χ3n) is 3.36. The normalized spacial score (nSPS) is 18.4. The Hall–Kier alpha value is -0.130. The summed E-state index contributed by atoms with van der Waals surface area (Å²) in [6.45, 7) is 4.79. The van der Waals surface area contributed by atoms with Crippen molar-refractivity contribution in [2.24, 2.45) is 5.92 Å². The first kappa shape index (κ1) is 14.9. The van der Waals surface area contributed by atoms with Gasteiger partial charge in [0.15, 0.2) is 0 Å². The molecule has 0 radical (unpaired) electrons. The summed E-state index contributed by atoms with van der Waals surface area (Å²) in [6.07, 6.45) is 6.21. The molecule has 0 bridgehead atoms. The van der Waals surface area contributed by atoms with Crippen molar-refractivity contribution in [3.8, 4) is 0 Å². The molecule has 5 heteroatoms. The highest BCUT2D eigenvalue weighted by Gasteiger charge is 2.17. The minimum absolute atomic E-state index is 0.295. The maximum atomic E-state index is 11.7. The Kier molecular flexibility index (Phi) is 7.08. The fourth-order valence-electron chi connectivity index (χ4n) is 2.17. The quantitative estimate of drug-likeness (QED) is 0.652. The highest BCUT2D eigenvalue weighted by molar-refractivity contribution is 7.89. The van der Waals surface area contributed by atoms with E-state index in [9.17, 15) is 8.42 Å². The molecule has 1 rings (SSSR count). The molecule has 0 aliphatic carbocycles. The molecule has 1 aliphatic rings. The third kappa shape index (κ3) is 7.01. The van der Waals surface area contributed by atoms with E-state index in [0.29, 0.717) is 18.2 Å². The largest absolute Gasteiger partial charge is 0.317 e. The van der Waals surface area contributed by atoms with E-state index in [-0.39, 0.29) is 0 Å². The monoisotopic (exact) mass is 262 g/mol. The molecule has 1 aliphatic heterocycles. The second-order valence-electron chi connectivity index (χ2n) is 4.90. The number of hydrogen-bond donors (Lipinski definition) is 2. The fourth-order valence-corrected chi connectivity index (χ4v) is 3.41. The summed E-state index contributed by atoms with van der Waals surface area (Å²) in [6, 6.07) is 0. The molecule has 0 unspecified atom stereocenters. The first-order valence-corrected chi connectivity index (χ1v) is 8.47. The number of sulfonamides is 1. The maximum absolute atomic E-state index is 11.7.